The Bertz CT molecular complexity index is 1690. The molecular formula is C33H25Cl2N3O4S. The molecule has 1 aliphatic rings. The van der Waals surface area contributed by atoms with E-state index in [2.05, 4.69) is 10.6 Å². The number of anilines is 1. The molecule has 1 aliphatic heterocycles. The number of carbonyl (C=O) groups excluding carboxylic acids is 4. The second-order valence-corrected chi connectivity index (χ2v) is 11.5. The van der Waals surface area contributed by atoms with Gasteiger partial charge < -0.3 is 10.6 Å². The van der Waals surface area contributed by atoms with Crippen molar-refractivity contribution in [2.75, 3.05) is 17.6 Å². The lowest BCUT2D eigenvalue weighted by molar-refractivity contribution is -0.113. The number of fused-ring (bicyclic) bond motifs is 1. The predicted octanol–water partition coefficient (Wildman–Crippen LogP) is 7.18. The molecule has 0 saturated heterocycles. The Morgan fingerprint density at radius 1 is 0.814 bits per heavy atom. The highest BCUT2D eigenvalue weighted by molar-refractivity contribution is 7.99. The highest BCUT2D eigenvalue weighted by Crippen LogP contribution is 2.26. The van der Waals surface area contributed by atoms with Crippen LogP contribution in [-0.4, -0.2) is 40.8 Å². The van der Waals surface area contributed by atoms with Crippen LogP contribution in [0, 0.1) is 0 Å². The van der Waals surface area contributed by atoms with Gasteiger partial charge in [0.25, 0.3) is 23.6 Å². The first-order valence-electron chi connectivity index (χ1n) is 13.3. The standard InChI is InChI=1S/C33H25Cl2N3O4S/c34-23-12-11-22(28(35)20-23)19-29(37-30(39)21-7-2-1-3-8-21)31(40)36-24-13-15-25(16-14-24)43-18-6-17-38-32(41)26-9-4-5-10-27(26)33(38)42/h1-5,7-16,19-20H,6,17-18H2,(H,36,40)(H,37,39)/b29-19-. The van der Waals surface area contributed by atoms with E-state index in [0.29, 0.717) is 56.7 Å². The molecule has 0 aromatic heterocycles. The first kappa shape index (κ1) is 30.1. The molecule has 1 heterocycles. The maximum atomic E-state index is 13.3. The first-order valence-corrected chi connectivity index (χ1v) is 15.1. The van der Waals surface area contributed by atoms with Crippen molar-refractivity contribution in [3.05, 3.63) is 135 Å². The van der Waals surface area contributed by atoms with Gasteiger partial charge in [-0.05, 0) is 84.5 Å². The number of halogens is 2. The largest absolute Gasteiger partial charge is 0.321 e. The van der Waals surface area contributed by atoms with E-state index in [1.165, 1.54) is 11.0 Å². The van der Waals surface area contributed by atoms with Gasteiger partial charge in [-0.2, -0.15) is 0 Å². The number of imide groups is 1. The topological polar surface area (TPSA) is 95.6 Å². The molecule has 7 nitrogen and oxygen atoms in total. The van der Waals surface area contributed by atoms with Gasteiger partial charge in [-0.15, -0.1) is 11.8 Å². The number of hydrogen-bond donors (Lipinski definition) is 2. The SMILES string of the molecule is O=C(Nc1ccc(SCCCN2C(=O)c3ccccc3C2=O)cc1)/C(=C/c1ccc(Cl)cc1Cl)NC(=O)c1ccccc1. The van der Waals surface area contributed by atoms with Gasteiger partial charge in [-0.25, -0.2) is 0 Å². The highest BCUT2D eigenvalue weighted by Gasteiger charge is 2.34. The third kappa shape index (κ3) is 7.35. The fourth-order valence-electron chi connectivity index (χ4n) is 4.40. The lowest BCUT2D eigenvalue weighted by Gasteiger charge is -2.13. The first-order chi connectivity index (χ1) is 20.8. The molecule has 2 N–H and O–H groups in total. The van der Waals surface area contributed by atoms with Crippen LogP contribution in [0.2, 0.25) is 10.0 Å². The smallest absolute Gasteiger partial charge is 0.272 e. The number of benzene rings is 4. The Hall–Kier alpha value is -4.37. The minimum atomic E-state index is -0.531. The van der Waals surface area contributed by atoms with E-state index in [1.54, 1.807) is 96.7 Å². The van der Waals surface area contributed by atoms with Crippen LogP contribution in [0.5, 0.6) is 0 Å². The van der Waals surface area contributed by atoms with Gasteiger partial charge in [-0.3, -0.25) is 24.1 Å². The minimum absolute atomic E-state index is 0.00434. The number of carbonyl (C=O) groups is 4. The summed E-state index contributed by atoms with van der Waals surface area (Å²) in [4.78, 5) is 53.5. The Kier molecular flexibility index (Phi) is 9.61. The van der Waals surface area contributed by atoms with Crippen molar-refractivity contribution in [2.45, 2.75) is 11.3 Å². The Morgan fingerprint density at radius 2 is 1.47 bits per heavy atom. The maximum absolute atomic E-state index is 13.3. The van der Waals surface area contributed by atoms with E-state index in [1.807, 2.05) is 12.1 Å². The summed E-state index contributed by atoms with van der Waals surface area (Å²) in [6.45, 7) is 0.342. The fraction of sp³-hybridized carbons (Fsp3) is 0.0909. The van der Waals surface area contributed by atoms with E-state index in [9.17, 15) is 19.2 Å². The average molecular weight is 631 g/mol. The second kappa shape index (κ2) is 13.7. The molecule has 0 bridgehead atoms. The molecule has 0 radical (unpaired) electrons. The third-order valence-corrected chi connectivity index (χ3v) is 8.24. The van der Waals surface area contributed by atoms with Crippen LogP contribution in [-0.2, 0) is 4.79 Å². The molecule has 216 valence electrons. The van der Waals surface area contributed by atoms with Crippen LogP contribution in [0.3, 0.4) is 0 Å². The molecule has 0 spiro atoms. The predicted molar refractivity (Wildman–Crippen MR) is 171 cm³/mol. The number of thioether (sulfide) groups is 1. The number of rotatable bonds is 10. The van der Waals surface area contributed by atoms with Crippen LogP contribution in [0.25, 0.3) is 6.08 Å². The quantitative estimate of drug-likeness (QED) is 0.0838. The third-order valence-electron chi connectivity index (χ3n) is 6.58. The van der Waals surface area contributed by atoms with Gasteiger partial charge >= 0.3 is 0 Å². The van der Waals surface area contributed by atoms with E-state index >= 15 is 0 Å². The van der Waals surface area contributed by atoms with Crippen molar-refractivity contribution in [3.63, 3.8) is 0 Å². The zero-order valence-corrected chi connectivity index (χ0v) is 25.0. The van der Waals surface area contributed by atoms with Crippen molar-refractivity contribution < 1.29 is 19.2 Å². The molecule has 5 rings (SSSR count). The number of hydrogen-bond acceptors (Lipinski definition) is 5. The molecule has 4 aromatic carbocycles. The summed E-state index contributed by atoms with van der Waals surface area (Å²) in [5.74, 6) is -0.786. The molecule has 0 atom stereocenters. The molecule has 4 aromatic rings. The van der Waals surface area contributed by atoms with Crippen LogP contribution >= 0.6 is 35.0 Å². The Labute approximate surface area is 262 Å². The van der Waals surface area contributed by atoms with E-state index in [-0.39, 0.29) is 17.5 Å². The minimum Gasteiger partial charge on any atom is -0.321 e. The summed E-state index contributed by atoms with van der Waals surface area (Å²) >= 11 is 13.9. The maximum Gasteiger partial charge on any atom is 0.272 e. The fourth-order valence-corrected chi connectivity index (χ4v) is 5.71. The van der Waals surface area contributed by atoms with Crippen LogP contribution < -0.4 is 10.6 Å². The van der Waals surface area contributed by atoms with Gasteiger partial charge in [0.1, 0.15) is 5.70 Å². The molecule has 0 unspecified atom stereocenters. The molecule has 0 saturated carbocycles. The highest BCUT2D eigenvalue weighted by atomic mass is 35.5. The van der Waals surface area contributed by atoms with Crippen LogP contribution in [0.15, 0.2) is 108 Å². The van der Waals surface area contributed by atoms with Gasteiger partial charge in [0, 0.05) is 32.7 Å². The lowest BCUT2D eigenvalue weighted by Crippen LogP contribution is -2.31. The summed E-state index contributed by atoms with van der Waals surface area (Å²) in [5.41, 5.74) is 2.34. The van der Waals surface area contributed by atoms with E-state index in [4.69, 9.17) is 23.2 Å². The monoisotopic (exact) mass is 629 g/mol. The summed E-state index contributed by atoms with van der Waals surface area (Å²) in [6.07, 6.45) is 2.13. The van der Waals surface area contributed by atoms with Crippen molar-refractivity contribution in [2.24, 2.45) is 0 Å². The van der Waals surface area contributed by atoms with Crippen LogP contribution in [0.1, 0.15) is 43.1 Å². The van der Waals surface area contributed by atoms with Gasteiger partial charge in [-0.1, -0.05) is 59.6 Å². The normalized spacial score (nSPS) is 12.7. The second-order valence-electron chi connectivity index (χ2n) is 9.53. The zero-order valence-electron chi connectivity index (χ0n) is 22.7. The molecule has 43 heavy (non-hydrogen) atoms. The average Bonchev–Trinajstić information content (AvgIpc) is 3.26. The van der Waals surface area contributed by atoms with Crippen molar-refractivity contribution >= 4 is 70.4 Å². The van der Waals surface area contributed by atoms with E-state index in [0.717, 1.165) is 4.90 Å². The van der Waals surface area contributed by atoms with Gasteiger partial charge in [0.05, 0.1) is 11.1 Å². The molecule has 0 aliphatic carbocycles. The lowest BCUT2D eigenvalue weighted by atomic mass is 10.1. The number of amides is 4. The summed E-state index contributed by atoms with van der Waals surface area (Å²) in [5, 5.41) is 6.28. The molecule has 0 fully saturated rings. The molecule has 4 amide bonds. The van der Waals surface area contributed by atoms with Gasteiger partial charge in [0.15, 0.2) is 0 Å². The van der Waals surface area contributed by atoms with Gasteiger partial charge in [0.2, 0.25) is 0 Å². The molecule has 10 heteroatoms. The Balaban J connectivity index is 1.20. The van der Waals surface area contributed by atoms with Crippen LogP contribution in [0.4, 0.5) is 5.69 Å². The van der Waals surface area contributed by atoms with Crippen molar-refractivity contribution in [1.82, 2.24) is 10.2 Å². The number of nitrogens with zero attached hydrogens (tertiary/aromatic N) is 1. The molecular weight excluding hydrogens is 605 g/mol. The van der Waals surface area contributed by atoms with E-state index < -0.39 is 11.8 Å². The van der Waals surface area contributed by atoms with Crippen molar-refractivity contribution in [3.8, 4) is 0 Å². The van der Waals surface area contributed by atoms with Crippen molar-refractivity contribution in [1.29, 1.82) is 0 Å². The Morgan fingerprint density at radius 3 is 2.12 bits per heavy atom. The summed E-state index contributed by atoms with van der Waals surface area (Å²) < 4.78 is 0. The summed E-state index contributed by atoms with van der Waals surface area (Å²) in [7, 11) is 0. The summed E-state index contributed by atoms with van der Waals surface area (Å²) in [6, 6.07) is 27.5. The number of nitrogens with one attached hydrogen (secondary N) is 2. The zero-order chi connectivity index (χ0) is 30.3.